The van der Waals surface area contributed by atoms with Gasteiger partial charge in [-0.15, -0.1) is 11.3 Å². The number of hydrogen-bond donors (Lipinski definition) is 4. The van der Waals surface area contributed by atoms with Crippen LogP contribution in [0, 0.1) is 5.92 Å². The van der Waals surface area contributed by atoms with Crippen LogP contribution in [0.15, 0.2) is 48.2 Å². The van der Waals surface area contributed by atoms with Gasteiger partial charge >= 0.3 is 16.4 Å². The van der Waals surface area contributed by atoms with Gasteiger partial charge in [0.1, 0.15) is 12.1 Å². The summed E-state index contributed by atoms with van der Waals surface area (Å²) in [4.78, 5) is 35.6. The molecule has 0 bridgehead atoms. The number of nitrogens with two attached hydrogens (primary N) is 1. The average molecular weight is 574 g/mol. The molecule has 1 aliphatic carbocycles. The van der Waals surface area contributed by atoms with Crippen molar-refractivity contribution in [3.05, 3.63) is 75.4 Å². The van der Waals surface area contributed by atoms with Crippen LogP contribution in [-0.2, 0) is 20.9 Å². The van der Waals surface area contributed by atoms with Crippen molar-refractivity contribution in [2.75, 3.05) is 18.5 Å². The fourth-order valence-electron chi connectivity index (χ4n) is 5.26. The third-order valence-corrected chi connectivity index (χ3v) is 8.50. The molecule has 0 spiro atoms. The molecule has 0 unspecified atom stereocenters. The summed E-state index contributed by atoms with van der Waals surface area (Å²) in [6, 6.07) is 8.61. The second-order valence-electron chi connectivity index (χ2n) is 9.60. The monoisotopic (exact) mass is 573 g/mol. The number of carboxylic acid groups (broad SMARTS) is 1. The Labute approximate surface area is 228 Å². The van der Waals surface area contributed by atoms with Gasteiger partial charge in [0.05, 0.1) is 29.2 Å². The zero-order valence-electron chi connectivity index (χ0n) is 20.6. The van der Waals surface area contributed by atoms with E-state index in [2.05, 4.69) is 19.5 Å². The lowest BCUT2D eigenvalue weighted by Crippen LogP contribution is -2.39. The SMILES string of the molecule is NS(=O)(=O)OC[C@H]1C[C@@H](Nc2ncncc2C(=O)c2cc([C@H]3c4ccccc4CCN3C(=O)O)cs2)C[C@@H]1O. The van der Waals surface area contributed by atoms with E-state index in [9.17, 15) is 28.2 Å². The molecule has 1 aliphatic heterocycles. The first-order valence-corrected chi connectivity index (χ1v) is 14.6. The fourth-order valence-corrected chi connectivity index (χ4v) is 6.51. The lowest BCUT2D eigenvalue weighted by Gasteiger charge is -2.35. The summed E-state index contributed by atoms with van der Waals surface area (Å²) in [6.45, 7) is 0.108. The summed E-state index contributed by atoms with van der Waals surface area (Å²) in [6.07, 6.45) is 2.16. The first-order valence-electron chi connectivity index (χ1n) is 12.2. The highest BCUT2D eigenvalue weighted by Crippen LogP contribution is 2.38. The van der Waals surface area contributed by atoms with Crippen LogP contribution in [-0.4, -0.2) is 70.7 Å². The van der Waals surface area contributed by atoms with Gasteiger partial charge in [0.25, 0.3) is 0 Å². The number of fused-ring (bicyclic) bond motifs is 1. The molecule has 1 saturated carbocycles. The molecule has 0 saturated heterocycles. The molecule has 12 nitrogen and oxygen atoms in total. The van der Waals surface area contributed by atoms with E-state index in [0.29, 0.717) is 36.2 Å². The summed E-state index contributed by atoms with van der Waals surface area (Å²) < 4.78 is 26.9. The van der Waals surface area contributed by atoms with E-state index in [4.69, 9.17) is 5.14 Å². The molecule has 5 N–H and O–H groups in total. The highest BCUT2D eigenvalue weighted by molar-refractivity contribution is 7.84. The van der Waals surface area contributed by atoms with Crippen LogP contribution < -0.4 is 10.5 Å². The summed E-state index contributed by atoms with van der Waals surface area (Å²) in [5.41, 5.74) is 2.91. The van der Waals surface area contributed by atoms with Gasteiger partial charge in [-0.2, -0.15) is 8.42 Å². The predicted molar refractivity (Wildman–Crippen MR) is 142 cm³/mol. The highest BCUT2D eigenvalue weighted by Gasteiger charge is 2.36. The van der Waals surface area contributed by atoms with Crippen molar-refractivity contribution in [2.24, 2.45) is 11.1 Å². The smallest absolute Gasteiger partial charge is 0.408 e. The molecule has 0 radical (unpaired) electrons. The second kappa shape index (κ2) is 11.0. The van der Waals surface area contributed by atoms with Crippen LogP contribution in [0.5, 0.6) is 0 Å². The molecular weight excluding hydrogens is 546 g/mol. The quantitative estimate of drug-likeness (QED) is 0.291. The Balaban J connectivity index is 1.36. The molecule has 2 aromatic heterocycles. The Morgan fingerprint density at radius 3 is 2.82 bits per heavy atom. The molecule has 3 aromatic rings. The first kappa shape index (κ1) is 27.1. The van der Waals surface area contributed by atoms with E-state index in [1.165, 1.54) is 28.8 Å². The van der Waals surface area contributed by atoms with Crippen LogP contribution >= 0.6 is 11.3 Å². The van der Waals surface area contributed by atoms with Gasteiger partial charge in [-0.05, 0) is 47.4 Å². The maximum atomic E-state index is 13.6. The number of amides is 1. The number of nitrogens with one attached hydrogen (secondary N) is 1. The van der Waals surface area contributed by atoms with Gasteiger partial charge in [-0.3, -0.25) is 13.9 Å². The second-order valence-corrected chi connectivity index (χ2v) is 11.7. The number of carbonyl (C=O) groups excluding carboxylic acids is 1. The standard InChI is InChI=1S/C25H27N5O7S2/c26-39(35,36)37-11-15-7-17(9-20(15)31)29-24-19(10-27-13-28-24)23(32)21-8-16(12-38-21)22-18-4-2-1-3-14(18)5-6-30(22)25(33)34/h1-4,8,10,12-13,15,17,20,22,31H,5-7,9,11H2,(H,33,34)(H2,26,35,36)(H,27,28,29)/t15-,17-,20+,22+/m1/s1. The number of aliphatic hydroxyl groups excluding tert-OH is 1. The predicted octanol–water partition coefficient (Wildman–Crippen LogP) is 2.17. The maximum absolute atomic E-state index is 13.6. The number of aliphatic hydroxyl groups is 1. The molecule has 1 amide bonds. The normalized spacial score (nSPS) is 22.9. The molecular formula is C25H27N5O7S2. The van der Waals surface area contributed by atoms with Crippen molar-refractivity contribution in [1.82, 2.24) is 14.9 Å². The molecule has 206 valence electrons. The van der Waals surface area contributed by atoms with Gasteiger partial charge < -0.3 is 15.5 Å². The molecule has 14 heteroatoms. The van der Waals surface area contributed by atoms with E-state index in [1.54, 1.807) is 11.4 Å². The molecule has 1 aromatic carbocycles. The molecule has 1 fully saturated rings. The van der Waals surface area contributed by atoms with Crippen LogP contribution in [0.3, 0.4) is 0 Å². The highest BCUT2D eigenvalue weighted by atomic mass is 32.2. The Morgan fingerprint density at radius 2 is 2.05 bits per heavy atom. The van der Waals surface area contributed by atoms with E-state index in [-0.39, 0.29) is 29.8 Å². The van der Waals surface area contributed by atoms with Gasteiger partial charge in [-0.25, -0.2) is 19.9 Å². The van der Waals surface area contributed by atoms with Gasteiger partial charge in [0, 0.05) is 24.7 Å². The van der Waals surface area contributed by atoms with Gasteiger partial charge in [0.2, 0.25) is 5.78 Å². The summed E-state index contributed by atoms with van der Waals surface area (Å²) >= 11 is 1.22. The number of aromatic nitrogens is 2. The Bertz CT molecular complexity index is 1500. The lowest BCUT2D eigenvalue weighted by molar-refractivity contribution is 0.101. The van der Waals surface area contributed by atoms with E-state index < -0.39 is 34.5 Å². The number of anilines is 1. The van der Waals surface area contributed by atoms with Gasteiger partial charge in [-0.1, -0.05) is 24.3 Å². The first-order chi connectivity index (χ1) is 18.6. The minimum Gasteiger partial charge on any atom is -0.465 e. The Kier molecular flexibility index (Phi) is 7.64. The maximum Gasteiger partial charge on any atom is 0.408 e. The zero-order valence-corrected chi connectivity index (χ0v) is 22.3. The van der Waals surface area contributed by atoms with Crippen LogP contribution in [0.4, 0.5) is 10.6 Å². The van der Waals surface area contributed by atoms with Crippen molar-refractivity contribution < 1.29 is 32.4 Å². The number of rotatable bonds is 8. The third-order valence-electron chi connectivity index (χ3n) is 7.09. The number of hydrogen-bond acceptors (Lipinski definition) is 10. The Hall–Kier alpha value is -3.43. The average Bonchev–Trinajstić information content (AvgIpc) is 3.52. The van der Waals surface area contributed by atoms with Crippen molar-refractivity contribution in [3.8, 4) is 0 Å². The zero-order chi connectivity index (χ0) is 27.7. The number of thiophene rings is 1. The summed E-state index contributed by atoms with van der Waals surface area (Å²) in [5, 5.41) is 30.1. The Morgan fingerprint density at radius 1 is 1.26 bits per heavy atom. The van der Waals surface area contributed by atoms with Crippen LogP contribution in [0.1, 0.15) is 50.8 Å². The summed E-state index contributed by atoms with van der Waals surface area (Å²) in [5.74, 6) is -0.504. The lowest BCUT2D eigenvalue weighted by atomic mass is 9.89. The van der Waals surface area contributed by atoms with Crippen LogP contribution in [0.2, 0.25) is 0 Å². The number of benzene rings is 1. The van der Waals surface area contributed by atoms with Crippen molar-refractivity contribution in [1.29, 1.82) is 0 Å². The van der Waals surface area contributed by atoms with Crippen molar-refractivity contribution in [2.45, 2.75) is 37.5 Å². The number of ketones is 1. The number of nitrogens with zero attached hydrogens (tertiary/aromatic N) is 3. The largest absolute Gasteiger partial charge is 0.465 e. The molecule has 3 heterocycles. The number of carbonyl (C=O) groups is 2. The van der Waals surface area contributed by atoms with Crippen molar-refractivity contribution >= 4 is 39.3 Å². The topological polar surface area (TPSA) is 185 Å². The van der Waals surface area contributed by atoms with E-state index in [0.717, 1.165) is 11.1 Å². The minimum absolute atomic E-state index is 0.226. The van der Waals surface area contributed by atoms with Crippen molar-refractivity contribution in [3.63, 3.8) is 0 Å². The third kappa shape index (κ3) is 5.94. The minimum atomic E-state index is -4.12. The molecule has 5 rings (SSSR count). The van der Waals surface area contributed by atoms with Crippen LogP contribution in [0.25, 0.3) is 0 Å². The van der Waals surface area contributed by atoms with Gasteiger partial charge in [0.15, 0.2) is 0 Å². The van der Waals surface area contributed by atoms with E-state index >= 15 is 0 Å². The summed E-state index contributed by atoms with van der Waals surface area (Å²) in [7, 11) is -4.12. The molecule has 4 atom stereocenters. The fraction of sp³-hybridized carbons (Fsp3) is 0.360. The molecule has 2 aliphatic rings. The molecule has 39 heavy (non-hydrogen) atoms. The van der Waals surface area contributed by atoms with E-state index in [1.807, 2.05) is 24.3 Å².